The first-order valence-corrected chi connectivity index (χ1v) is 4.07. The molecule has 0 aromatic carbocycles. The van der Waals surface area contributed by atoms with Gasteiger partial charge in [-0.05, 0) is 18.9 Å². The molecule has 0 aromatic heterocycles. The summed E-state index contributed by atoms with van der Waals surface area (Å²) < 4.78 is 4.40. The molecule has 1 saturated heterocycles. The van der Waals surface area contributed by atoms with Crippen LogP contribution in [0, 0.1) is 17.8 Å². The molecule has 2 unspecified atom stereocenters. The summed E-state index contributed by atoms with van der Waals surface area (Å²) in [5.74, 6) is 5.35. The predicted octanol–water partition coefficient (Wildman–Crippen LogP) is 0.161. The highest BCUT2D eigenvalue weighted by Gasteiger charge is 2.20. The van der Waals surface area contributed by atoms with Crippen molar-refractivity contribution in [3.8, 4) is 11.8 Å². The van der Waals surface area contributed by atoms with E-state index in [1.165, 1.54) is 7.11 Å². The molecule has 0 saturated carbocycles. The van der Waals surface area contributed by atoms with Crippen LogP contribution in [0.5, 0.6) is 0 Å². The molecule has 1 fully saturated rings. The SMILES string of the molecule is COC(=O)C#CC1NCCC1C. The Morgan fingerprint density at radius 1 is 1.67 bits per heavy atom. The Balaban J connectivity index is 2.47. The molecule has 0 aliphatic carbocycles. The number of hydrogen-bond donors (Lipinski definition) is 1. The Labute approximate surface area is 72.5 Å². The van der Waals surface area contributed by atoms with Gasteiger partial charge in [0, 0.05) is 5.92 Å². The number of nitrogens with one attached hydrogen (secondary N) is 1. The summed E-state index contributed by atoms with van der Waals surface area (Å²) in [6, 6.07) is 0.157. The van der Waals surface area contributed by atoms with Crippen LogP contribution in [0.2, 0.25) is 0 Å². The molecule has 0 spiro atoms. The van der Waals surface area contributed by atoms with Gasteiger partial charge in [0.25, 0.3) is 0 Å². The van der Waals surface area contributed by atoms with Crippen molar-refractivity contribution in [1.29, 1.82) is 0 Å². The fraction of sp³-hybridized carbons (Fsp3) is 0.667. The van der Waals surface area contributed by atoms with Crippen LogP contribution in [0.25, 0.3) is 0 Å². The Kier molecular flexibility index (Phi) is 3.12. The van der Waals surface area contributed by atoms with Crippen LogP contribution < -0.4 is 5.32 Å². The number of rotatable bonds is 0. The second-order valence-electron chi connectivity index (χ2n) is 2.96. The lowest BCUT2D eigenvalue weighted by Crippen LogP contribution is -2.23. The standard InChI is InChI=1S/C9H13NO2/c1-7-5-6-10-8(7)3-4-9(11)12-2/h7-8,10H,5-6H2,1-2H3. The molecule has 1 heterocycles. The van der Waals surface area contributed by atoms with Gasteiger partial charge >= 0.3 is 5.97 Å². The molecule has 66 valence electrons. The van der Waals surface area contributed by atoms with Crippen LogP contribution in [0.3, 0.4) is 0 Å². The molecule has 1 aliphatic heterocycles. The van der Waals surface area contributed by atoms with Crippen LogP contribution in [-0.4, -0.2) is 25.7 Å². The quantitative estimate of drug-likeness (QED) is 0.317. The van der Waals surface area contributed by atoms with E-state index in [1.807, 2.05) is 0 Å². The average molecular weight is 167 g/mol. The zero-order valence-corrected chi connectivity index (χ0v) is 7.39. The summed E-state index contributed by atoms with van der Waals surface area (Å²) in [5.41, 5.74) is 0. The first kappa shape index (κ1) is 9.08. The molecule has 3 nitrogen and oxygen atoms in total. The van der Waals surface area contributed by atoms with Crippen molar-refractivity contribution >= 4 is 5.97 Å². The topological polar surface area (TPSA) is 38.3 Å². The largest absolute Gasteiger partial charge is 0.459 e. The maximum atomic E-state index is 10.7. The first-order chi connectivity index (χ1) is 5.74. The summed E-state index contributed by atoms with van der Waals surface area (Å²) in [5, 5.41) is 3.20. The molecule has 3 heteroatoms. The molecule has 2 atom stereocenters. The molecular weight excluding hydrogens is 154 g/mol. The van der Waals surface area contributed by atoms with E-state index in [2.05, 4.69) is 28.8 Å². The molecule has 1 aliphatic rings. The van der Waals surface area contributed by atoms with Crippen molar-refractivity contribution in [3.63, 3.8) is 0 Å². The summed E-state index contributed by atoms with van der Waals surface area (Å²) in [6.07, 6.45) is 1.13. The number of carbonyl (C=O) groups is 1. The smallest absolute Gasteiger partial charge is 0.384 e. The van der Waals surface area contributed by atoms with Crippen LogP contribution >= 0.6 is 0 Å². The minimum absolute atomic E-state index is 0.157. The van der Waals surface area contributed by atoms with Gasteiger partial charge in [-0.25, -0.2) is 4.79 Å². The second-order valence-corrected chi connectivity index (χ2v) is 2.96. The summed E-state index contributed by atoms with van der Waals surface area (Å²) in [4.78, 5) is 10.7. The number of methoxy groups -OCH3 is 1. The van der Waals surface area contributed by atoms with E-state index in [1.54, 1.807) is 0 Å². The van der Waals surface area contributed by atoms with Gasteiger partial charge in [0.15, 0.2) is 0 Å². The van der Waals surface area contributed by atoms with Crippen LogP contribution in [-0.2, 0) is 9.53 Å². The third-order valence-corrected chi connectivity index (χ3v) is 2.05. The Hall–Kier alpha value is -1.01. The third kappa shape index (κ3) is 2.24. The molecule has 1 N–H and O–H groups in total. The number of hydrogen-bond acceptors (Lipinski definition) is 3. The third-order valence-electron chi connectivity index (χ3n) is 2.05. The van der Waals surface area contributed by atoms with Crippen LogP contribution in [0.15, 0.2) is 0 Å². The highest BCUT2D eigenvalue weighted by Crippen LogP contribution is 2.12. The number of esters is 1. The molecule has 1 rings (SSSR count). The molecular formula is C9H13NO2. The Bertz CT molecular complexity index is 226. The zero-order valence-electron chi connectivity index (χ0n) is 7.39. The lowest BCUT2D eigenvalue weighted by molar-refractivity contribution is -0.133. The highest BCUT2D eigenvalue weighted by molar-refractivity contribution is 5.88. The summed E-state index contributed by atoms with van der Waals surface area (Å²) in [7, 11) is 1.34. The molecule has 0 aromatic rings. The Morgan fingerprint density at radius 2 is 2.42 bits per heavy atom. The highest BCUT2D eigenvalue weighted by atomic mass is 16.5. The van der Waals surface area contributed by atoms with Gasteiger partial charge in [-0.2, -0.15) is 0 Å². The van der Waals surface area contributed by atoms with Gasteiger partial charge in [-0.3, -0.25) is 0 Å². The van der Waals surface area contributed by atoms with Gasteiger partial charge in [0.2, 0.25) is 0 Å². The van der Waals surface area contributed by atoms with Gasteiger partial charge in [0.05, 0.1) is 13.2 Å². The Morgan fingerprint density at radius 3 is 2.92 bits per heavy atom. The van der Waals surface area contributed by atoms with E-state index < -0.39 is 5.97 Å². The number of carbonyl (C=O) groups excluding carboxylic acids is 1. The van der Waals surface area contributed by atoms with Crippen molar-refractivity contribution in [2.75, 3.05) is 13.7 Å². The minimum Gasteiger partial charge on any atom is -0.459 e. The van der Waals surface area contributed by atoms with E-state index in [-0.39, 0.29) is 6.04 Å². The molecule has 12 heavy (non-hydrogen) atoms. The van der Waals surface area contributed by atoms with E-state index >= 15 is 0 Å². The van der Waals surface area contributed by atoms with Gasteiger partial charge in [-0.1, -0.05) is 12.8 Å². The number of ether oxygens (including phenoxy) is 1. The van der Waals surface area contributed by atoms with Crippen LogP contribution in [0.1, 0.15) is 13.3 Å². The van der Waals surface area contributed by atoms with Gasteiger partial charge in [0.1, 0.15) is 0 Å². The van der Waals surface area contributed by atoms with E-state index in [0.29, 0.717) is 5.92 Å². The molecule has 0 radical (unpaired) electrons. The van der Waals surface area contributed by atoms with Crippen LogP contribution in [0.4, 0.5) is 0 Å². The maximum Gasteiger partial charge on any atom is 0.384 e. The maximum absolute atomic E-state index is 10.7. The van der Waals surface area contributed by atoms with E-state index in [9.17, 15) is 4.79 Å². The second kappa shape index (κ2) is 4.13. The predicted molar refractivity (Wildman–Crippen MR) is 45.4 cm³/mol. The van der Waals surface area contributed by atoms with Crippen molar-refractivity contribution < 1.29 is 9.53 Å². The van der Waals surface area contributed by atoms with Crippen molar-refractivity contribution in [3.05, 3.63) is 0 Å². The van der Waals surface area contributed by atoms with Gasteiger partial charge in [-0.15, -0.1) is 0 Å². The van der Waals surface area contributed by atoms with Gasteiger partial charge < -0.3 is 10.1 Å². The summed E-state index contributed by atoms with van der Waals surface area (Å²) >= 11 is 0. The average Bonchev–Trinajstić information content (AvgIpc) is 2.47. The lowest BCUT2D eigenvalue weighted by atomic mass is 10.0. The van der Waals surface area contributed by atoms with Crippen molar-refractivity contribution in [2.24, 2.45) is 5.92 Å². The molecule has 0 amide bonds. The molecule has 0 bridgehead atoms. The minimum atomic E-state index is -0.462. The fourth-order valence-electron chi connectivity index (χ4n) is 1.22. The lowest BCUT2D eigenvalue weighted by Gasteiger charge is -2.05. The van der Waals surface area contributed by atoms with E-state index in [0.717, 1.165) is 13.0 Å². The normalized spacial score (nSPS) is 27.5. The van der Waals surface area contributed by atoms with Crippen molar-refractivity contribution in [1.82, 2.24) is 5.32 Å². The summed E-state index contributed by atoms with van der Waals surface area (Å²) in [6.45, 7) is 3.11. The monoisotopic (exact) mass is 167 g/mol. The fourth-order valence-corrected chi connectivity index (χ4v) is 1.22. The zero-order chi connectivity index (χ0) is 8.97. The van der Waals surface area contributed by atoms with E-state index in [4.69, 9.17) is 0 Å². The first-order valence-electron chi connectivity index (χ1n) is 4.07. The van der Waals surface area contributed by atoms with Crippen molar-refractivity contribution in [2.45, 2.75) is 19.4 Å².